The molecule has 8 nitrogen and oxygen atoms in total. The van der Waals surface area contributed by atoms with Gasteiger partial charge in [0.05, 0.1) is 12.9 Å². The van der Waals surface area contributed by atoms with E-state index in [9.17, 15) is 0 Å². The van der Waals surface area contributed by atoms with Crippen LogP contribution >= 0.6 is 24.0 Å². The predicted octanol–water partition coefficient (Wildman–Crippen LogP) is 3.69. The number of nitrogens with one attached hydrogen (secondary N) is 3. The summed E-state index contributed by atoms with van der Waals surface area (Å²) in [5.41, 5.74) is 2.29. The second kappa shape index (κ2) is 12.2. The fraction of sp³-hybridized carbons (Fsp3) is 0.381. The predicted molar refractivity (Wildman–Crippen MR) is 128 cm³/mol. The van der Waals surface area contributed by atoms with E-state index in [-0.39, 0.29) is 24.0 Å². The maximum atomic E-state index is 5.88. The van der Waals surface area contributed by atoms with Gasteiger partial charge in [-0.1, -0.05) is 19.1 Å². The van der Waals surface area contributed by atoms with Crippen molar-refractivity contribution >= 4 is 29.9 Å². The van der Waals surface area contributed by atoms with E-state index in [1.165, 1.54) is 5.56 Å². The zero-order chi connectivity index (χ0) is 20.5. The number of rotatable bonds is 9. The zero-order valence-electron chi connectivity index (χ0n) is 17.6. The summed E-state index contributed by atoms with van der Waals surface area (Å²) in [4.78, 5) is 8.72. The molecule has 162 valence electrons. The third-order valence-electron chi connectivity index (χ3n) is 4.28. The van der Waals surface area contributed by atoms with Crippen LogP contribution in [0.15, 0.2) is 46.0 Å². The fourth-order valence-corrected chi connectivity index (χ4v) is 2.78. The molecule has 0 spiro atoms. The first-order chi connectivity index (χ1) is 14.2. The van der Waals surface area contributed by atoms with Gasteiger partial charge < -0.3 is 19.8 Å². The number of aryl methyl sites for hydroxylation is 1. The van der Waals surface area contributed by atoms with Crippen LogP contribution in [-0.4, -0.2) is 41.3 Å². The van der Waals surface area contributed by atoms with Crippen LogP contribution in [0.25, 0.3) is 11.6 Å². The van der Waals surface area contributed by atoms with Crippen molar-refractivity contribution in [1.82, 2.24) is 25.8 Å². The highest BCUT2D eigenvalue weighted by molar-refractivity contribution is 14.0. The molecule has 0 saturated carbocycles. The molecule has 0 fully saturated rings. The van der Waals surface area contributed by atoms with Crippen molar-refractivity contribution < 1.29 is 9.15 Å². The Balaban J connectivity index is 0.00000320. The average Bonchev–Trinajstić information content (AvgIpc) is 3.41. The molecule has 0 aliphatic heterocycles. The Morgan fingerprint density at radius 1 is 1.27 bits per heavy atom. The van der Waals surface area contributed by atoms with Crippen molar-refractivity contribution in [3.8, 4) is 17.3 Å². The number of aromatic amines is 1. The van der Waals surface area contributed by atoms with Gasteiger partial charge in [-0.3, -0.25) is 10.1 Å². The summed E-state index contributed by atoms with van der Waals surface area (Å²) in [5, 5.41) is 13.7. The molecule has 0 aliphatic carbocycles. The quantitative estimate of drug-likeness (QED) is 0.224. The molecule has 3 N–H and O–H groups in total. The zero-order valence-corrected chi connectivity index (χ0v) is 19.9. The molecule has 1 aromatic carbocycles. The van der Waals surface area contributed by atoms with E-state index < -0.39 is 0 Å². The van der Waals surface area contributed by atoms with Crippen LogP contribution in [0.3, 0.4) is 0 Å². The number of aliphatic imine (C=N–C) groups is 1. The van der Waals surface area contributed by atoms with Crippen LogP contribution in [0, 0.1) is 6.92 Å². The van der Waals surface area contributed by atoms with E-state index >= 15 is 0 Å². The van der Waals surface area contributed by atoms with Crippen molar-refractivity contribution in [3.05, 3.63) is 53.5 Å². The smallest absolute Gasteiger partial charge is 0.216 e. The third-order valence-corrected chi connectivity index (χ3v) is 4.28. The molecular formula is C21H29IN6O2. The van der Waals surface area contributed by atoms with Crippen molar-refractivity contribution in [3.63, 3.8) is 0 Å². The van der Waals surface area contributed by atoms with Crippen molar-refractivity contribution in [2.24, 2.45) is 4.99 Å². The van der Waals surface area contributed by atoms with Crippen molar-refractivity contribution in [2.75, 3.05) is 20.2 Å². The highest BCUT2D eigenvalue weighted by Crippen LogP contribution is 2.20. The molecule has 3 aromatic rings. The van der Waals surface area contributed by atoms with Gasteiger partial charge in [-0.15, -0.1) is 24.0 Å². The van der Waals surface area contributed by atoms with Crippen LogP contribution < -0.4 is 15.4 Å². The Bertz CT molecular complexity index is 923. The monoisotopic (exact) mass is 524 g/mol. The number of furan rings is 1. The van der Waals surface area contributed by atoms with Gasteiger partial charge in [-0.2, -0.15) is 5.10 Å². The van der Waals surface area contributed by atoms with E-state index in [1.807, 2.05) is 12.1 Å². The molecule has 30 heavy (non-hydrogen) atoms. The van der Waals surface area contributed by atoms with Gasteiger partial charge in [0.1, 0.15) is 11.6 Å². The molecule has 2 aromatic heterocycles. The van der Waals surface area contributed by atoms with Crippen LogP contribution in [0.1, 0.15) is 30.3 Å². The second-order valence-electron chi connectivity index (χ2n) is 6.65. The standard InChI is InChI=1S/C21H28N6O2.HI/c1-4-11-28-18-13-15(2)7-8-16(18)14-24-21(22-3)23-10-9-19-25-20(27-26-19)17-6-5-12-29-17;/h5-8,12-13H,4,9-11,14H2,1-3H3,(H2,22,23,24)(H,25,26,27);1H. The Hall–Kier alpha value is -2.56. The lowest BCUT2D eigenvalue weighted by Crippen LogP contribution is -2.38. The summed E-state index contributed by atoms with van der Waals surface area (Å²) in [6.45, 7) is 6.17. The minimum Gasteiger partial charge on any atom is -0.493 e. The summed E-state index contributed by atoms with van der Waals surface area (Å²) >= 11 is 0. The number of halogens is 1. The van der Waals surface area contributed by atoms with Crippen molar-refractivity contribution in [1.29, 1.82) is 0 Å². The van der Waals surface area contributed by atoms with Gasteiger partial charge in [-0.25, -0.2) is 4.98 Å². The van der Waals surface area contributed by atoms with Crippen LogP contribution in [-0.2, 0) is 13.0 Å². The summed E-state index contributed by atoms with van der Waals surface area (Å²) in [6, 6.07) is 9.90. The summed E-state index contributed by atoms with van der Waals surface area (Å²) < 4.78 is 11.2. The van der Waals surface area contributed by atoms with Gasteiger partial charge in [0, 0.05) is 32.1 Å². The molecule has 9 heteroatoms. The topological polar surface area (TPSA) is 100 Å². The number of H-pyrrole nitrogens is 1. The summed E-state index contributed by atoms with van der Waals surface area (Å²) in [5.74, 6) is 3.64. The van der Waals surface area contributed by atoms with Crippen LogP contribution in [0.5, 0.6) is 5.75 Å². The van der Waals surface area contributed by atoms with Gasteiger partial charge in [0.15, 0.2) is 11.7 Å². The number of hydrogen-bond acceptors (Lipinski definition) is 5. The minimum atomic E-state index is 0. The molecule has 2 heterocycles. The first kappa shape index (κ1) is 23.7. The second-order valence-corrected chi connectivity index (χ2v) is 6.65. The normalized spacial score (nSPS) is 11.1. The van der Waals surface area contributed by atoms with Crippen LogP contribution in [0.2, 0.25) is 0 Å². The maximum absolute atomic E-state index is 5.88. The highest BCUT2D eigenvalue weighted by Gasteiger charge is 2.09. The lowest BCUT2D eigenvalue weighted by atomic mass is 10.1. The summed E-state index contributed by atoms with van der Waals surface area (Å²) in [7, 11) is 1.75. The number of hydrogen-bond donors (Lipinski definition) is 3. The van der Waals surface area contributed by atoms with Gasteiger partial charge >= 0.3 is 0 Å². The highest BCUT2D eigenvalue weighted by atomic mass is 127. The maximum Gasteiger partial charge on any atom is 0.216 e. The Morgan fingerprint density at radius 3 is 2.87 bits per heavy atom. The molecule has 0 bridgehead atoms. The lowest BCUT2D eigenvalue weighted by molar-refractivity contribution is 0.313. The molecule has 0 amide bonds. The van der Waals surface area contributed by atoms with E-state index in [4.69, 9.17) is 9.15 Å². The number of benzene rings is 1. The Labute approximate surface area is 193 Å². The number of nitrogens with zero attached hydrogens (tertiary/aromatic N) is 3. The number of ether oxygens (including phenoxy) is 1. The van der Waals surface area contributed by atoms with E-state index in [0.29, 0.717) is 37.7 Å². The average molecular weight is 524 g/mol. The number of aromatic nitrogens is 3. The van der Waals surface area contributed by atoms with Crippen molar-refractivity contribution in [2.45, 2.75) is 33.2 Å². The molecule has 0 saturated heterocycles. The Kier molecular flexibility index (Phi) is 9.65. The fourth-order valence-electron chi connectivity index (χ4n) is 2.78. The molecule has 0 unspecified atom stereocenters. The van der Waals surface area contributed by atoms with Gasteiger partial charge in [0.25, 0.3) is 0 Å². The molecule has 0 atom stereocenters. The van der Waals surface area contributed by atoms with Crippen LogP contribution in [0.4, 0.5) is 0 Å². The van der Waals surface area contributed by atoms with E-state index in [0.717, 1.165) is 29.5 Å². The largest absolute Gasteiger partial charge is 0.493 e. The molecule has 3 rings (SSSR count). The SMILES string of the molecule is CCCOc1cc(C)ccc1CNC(=NC)NCCc1nc(-c2ccco2)n[nH]1.I. The lowest BCUT2D eigenvalue weighted by Gasteiger charge is -2.15. The molecule has 0 radical (unpaired) electrons. The van der Waals surface area contributed by atoms with E-state index in [1.54, 1.807) is 13.3 Å². The van der Waals surface area contributed by atoms with Gasteiger partial charge in [0.2, 0.25) is 5.82 Å². The van der Waals surface area contributed by atoms with E-state index in [2.05, 4.69) is 62.9 Å². The third kappa shape index (κ3) is 6.75. The van der Waals surface area contributed by atoms with Gasteiger partial charge in [-0.05, 0) is 37.1 Å². The number of guanidine groups is 1. The first-order valence-corrected chi connectivity index (χ1v) is 9.81. The summed E-state index contributed by atoms with van der Waals surface area (Å²) in [6.07, 6.45) is 3.27. The molecular weight excluding hydrogens is 495 g/mol. The molecule has 0 aliphatic rings. The Morgan fingerprint density at radius 2 is 2.13 bits per heavy atom. The minimum absolute atomic E-state index is 0. The first-order valence-electron chi connectivity index (χ1n) is 9.81.